The van der Waals surface area contributed by atoms with Crippen molar-refractivity contribution >= 4 is 17.9 Å². The Morgan fingerprint density at radius 2 is 1.84 bits per heavy atom. The van der Waals surface area contributed by atoms with Crippen molar-refractivity contribution in [3.63, 3.8) is 0 Å². The third-order valence-electron chi connectivity index (χ3n) is 4.81. The fraction of sp³-hybridized carbons (Fsp3) is 0.250. The number of aldehydes is 1. The van der Waals surface area contributed by atoms with E-state index in [0.29, 0.717) is 46.0 Å². The van der Waals surface area contributed by atoms with E-state index in [0.717, 1.165) is 25.0 Å². The summed E-state index contributed by atoms with van der Waals surface area (Å²) in [5.41, 5.74) is 1.49. The summed E-state index contributed by atoms with van der Waals surface area (Å²) in [5, 5.41) is 0.299. The first-order chi connectivity index (χ1) is 14.8. The average molecular weight is 448 g/mol. The monoisotopic (exact) mass is 447 g/mol. The molecule has 0 aliphatic rings. The lowest BCUT2D eigenvalue weighted by molar-refractivity contribution is -0.137. The van der Waals surface area contributed by atoms with Gasteiger partial charge in [0, 0.05) is 11.1 Å². The van der Waals surface area contributed by atoms with Crippen LogP contribution in [0.1, 0.15) is 53.9 Å². The van der Waals surface area contributed by atoms with Gasteiger partial charge in [0.2, 0.25) is 0 Å². The fourth-order valence-electron chi connectivity index (χ4n) is 3.12. The normalized spacial score (nSPS) is 12.4. The molecule has 31 heavy (non-hydrogen) atoms. The number of ether oxygens (including phenoxy) is 1. The molecule has 0 radical (unpaired) electrons. The number of alkyl halides is 3. The second kappa shape index (κ2) is 9.96. The number of carbonyl (C=O) groups is 1. The topological polar surface area (TPSA) is 39.2 Å². The summed E-state index contributed by atoms with van der Waals surface area (Å²) in [7, 11) is 0. The standard InChI is InChI=1S/C24H21ClF3NO2/c1-2-3-7-23(31-19-13-10-17(15-30)20(25)14-19)22-6-4-5-21(29-22)16-8-11-18(12-9-16)24(26,27)28/h4-6,8-15,23H,2-3,7H2,1H3/t23-/m0/s1. The molecule has 3 rings (SSSR count). The van der Waals surface area contributed by atoms with Gasteiger partial charge in [-0.05, 0) is 55.3 Å². The predicted molar refractivity (Wildman–Crippen MR) is 114 cm³/mol. The van der Waals surface area contributed by atoms with Crippen LogP contribution in [0.5, 0.6) is 5.75 Å². The summed E-state index contributed by atoms with van der Waals surface area (Å²) < 4.78 is 44.6. The minimum absolute atomic E-state index is 0.299. The molecule has 0 saturated heterocycles. The summed E-state index contributed by atoms with van der Waals surface area (Å²) >= 11 is 6.11. The first kappa shape index (κ1) is 22.8. The van der Waals surface area contributed by atoms with Gasteiger partial charge in [-0.1, -0.05) is 43.1 Å². The summed E-state index contributed by atoms with van der Waals surface area (Å²) in [6, 6.07) is 15.2. The lowest BCUT2D eigenvalue weighted by atomic mass is 10.1. The second-order valence-electron chi connectivity index (χ2n) is 7.07. The average Bonchev–Trinajstić information content (AvgIpc) is 2.76. The van der Waals surface area contributed by atoms with Crippen LogP contribution in [0.4, 0.5) is 13.2 Å². The summed E-state index contributed by atoms with van der Waals surface area (Å²) in [5.74, 6) is 0.512. The van der Waals surface area contributed by atoms with Crippen molar-refractivity contribution in [2.45, 2.75) is 38.5 Å². The zero-order valence-corrected chi connectivity index (χ0v) is 17.6. The van der Waals surface area contributed by atoms with E-state index in [9.17, 15) is 18.0 Å². The lowest BCUT2D eigenvalue weighted by Crippen LogP contribution is -2.10. The Balaban J connectivity index is 1.88. The van der Waals surface area contributed by atoms with E-state index >= 15 is 0 Å². The van der Waals surface area contributed by atoms with Gasteiger partial charge in [-0.25, -0.2) is 4.98 Å². The van der Waals surface area contributed by atoms with E-state index in [4.69, 9.17) is 16.3 Å². The number of nitrogens with zero attached hydrogens (tertiary/aromatic N) is 1. The van der Waals surface area contributed by atoms with Crippen LogP contribution in [0.15, 0.2) is 60.7 Å². The Kier molecular flexibility index (Phi) is 7.33. The quantitative estimate of drug-likeness (QED) is 0.335. The molecule has 2 aromatic carbocycles. The molecule has 0 aliphatic heterocycles. The van der Waals surface area contributed by atoms with Crippen LogP contribution in [0.3, 0.4) is 0 Å². The third-order valence-corrected chi connectivity index (χ3v) is 5.13. The summed E-state index contributed by atoms with van der Waals surface area (Å²) in [6.45, 7) is 2.07. The Bertz CT molecular complexity index is 1040. The molecule has 0 N–H and O–H groups in total. The molecule has 0 spiro atoms. The lowest BCUT2D eigenvalue weighted by Gasteiger charge is -2.20. The molecular weight excluding hydrogens is 427 g/mol. The summed E-state index contributed by atoms with van der Waals surface area (Å²) in [4.78, 5) is 15.6. The Labute approximate surface area is 183 Å². The molecule has 0 bridgehead atoms. The van der Waals surface area contributed by atoms with Gasteiger partial charge in [0.25, 0.3) is 0 Å². The van der Waals surface area contributed by atoms with Crippen LogP contribution in [-0.2, 0) is 6.18 Å². The van der Waals surface area contributed by atoms with Crippen LogP contribution in [0, 0.1) is 0 Å². The maximum atomic E-state index is 12.8. The number of benzene rings is 2. The number of carbonyl (C=O) groups excluding carboxylic acids is 1. The van der Waals surface area contributed by atoms with E-state index in [1.807, 2.05) is 6.07 Å². The van der Waals surface area contributed by atoms with Gasteiger partial charge in [-0.2, -0.15) is 13.2 Å². The van der Waals surface area contributed by atoms with E-state index in [1.165, 1.54) is 12.1 Å². The molecule has 0 unspecified atom stereocenters. The number of aromatic nitrogens is 1. The van der Waals surface area contributed by atoms with Crippen molar-refractivity contribution in [3.8, 4) is 17.0 Å². The van der Waals surface area contributed by atoms with Crippen molar-refractivity contribution in [1.29, 1.82) is 0 Å². The van der Waals surface area contributed by atoms with Gasteiger partial charge in [0.1, 0.15) is 11.9 Å². The van der Waals surface area contributed by atoms with Crippen LogP contribution in [0.2, 0.25) is 5.02 Å². The van der Waals surface area contributed by atoms with Crippen LogP contribution in [0.25, 0.3) is 11.3 Å². The van der Waals surface area contributed by atoms with Crippen LogP contribution >= 0.6 is 11.6 Å². The Hall–Kier alpha value is -2.86. The minimum Gasteiger partial charge on any atom is -0.484 e. The molecule has 0 fully saturated rings. The van der Waals surface area contributed by atoms with Gasteiger partial charge in [-0.3, -0.25) is 4.79 Å². The molecular formula is C24H21ClF3NO2. The smallest absolute Gasteiger partial charge is 0.416 e. The van der Waals surface area contributed by atoms with E-state index in [2.05, 4.69) is 11.9 Å². The number of pyridine rings is 1. The fourth-order valence-corrected chi connectivity index (χ4v) is 3.33. The molecule has 1 atom stereocenters. The van der Waals surface area contributed by atoms with E-state index in [1.54, 1.807) is 30.3 Å². The zero-order chi connectivity index (χ0) is 22.4. The van der Waals surface area contributed by atoms with Gasteiger partial charge in [-0.15, -0.1) is 0 Å². The van der Waals surface area contributed by atoms with Crippen molar-refractivity contribution < 1.29 is 22.7 Å². The summed E-state index contributed by atoms with van der Waals surface area (Å²) in [6.07, 6.45) is -1.51. The molecule has 3 aromatic rings. The molecule has 162 valence electrons. The largest absolute Gasteiger partial charge is 0.484 e. The maximum Gasteiger partial charge on any atom is 0.416 e. The Morgan fingerprint density at radius 3 is 2.45 bits per heavy atom. The molecule has 1 aromatic heterocycles. The molecule has 7 heteroatoms. The zero-order valence-electron chi connectivity index (χ0n) is 16.8. The highest BCUT2D eigenvalue weighted by molar-refractivity contribution is 6.33. The number of hydrogen-bond acceptors (Lipinski definition) is 3. The SMILES string of the molecule is CCCC[C@H](Oc1ccc(C=O)c(Cl)c1)c1cccc(-c2ccc(C(F)(F)F)cc2)n1. The van der Waals surface area contributed by atoms with E-state index in [-0.39, 0.29) is 6.10 Å². The molecule has 1 heterocycles. The highest BCUT2D eigenvalue weighted by Crippen LogP contribution is 2.32. The molecule has 0 aliphatic carbocycles. The van der Waals surface area contributed by atoms with Crippen LogP contribution in [-0.4, -0.2) is 11.3 Å². The van der Waals surface area contributed by atoms with Crippen molar-refractivity contribution in [2.75, 3.05) is 0 Å². The van der Waals surface area contributed by atoms with Gasteiger partial charge < -0.3 is 4.74 Å². The van der Waals surface area contributed by atoms with Crippen molar-refractivity contribution in [3.05, 3.63) is 82.5 Å². The van der Waals surface area contributed by atoms with Gasteiger partial charge >= 0.3 is 6.18 Å². The number of rotatable bonds is 8. The van der Waals surface area contributed by atoms with E-state index < -0.39 is 11.7 Å². The van der Waals surface area contributed by atoms with Gasteiger partial charge in [0.15, 0.2) is 6.29 Å². The van der Waals surface area contributed by atoms with Crippen molar-refractivity contribution in [1.82, 2.24) is 4.98 Å². The predicted octanol–water partition coefficient (Wildman–Crippen LogP) is 7.54. The number of halogens is 4. The minimum atomic E-state index is -4.38. The molecule has 0 amide bonds. The first-order valence-electron chi connectivity index (χ1n) is 9.87. The Morgan fingerprint density at radius 1 is 1.10 bits per heavy atom. The van der Waals surface area contributed by atoms with Gasteiger partial charge in [0.05, 0.1) is 22.0 Å². The molecule has 3 nitrogen and oxygen atoms in total. The maximum absolute atomic E-state index is 12.8. The highest BCUT2D eigenvalue weighted by Gasteiger charge is 2.30. The highest BCUT2D eigenvalue weighted by atomic mass is 35.5. The number of unbranched alkanes of at least 4 members (excludes halogenated alkanes) is 1. The second-order valence-corrected chi connectivity index (χ2v) is 7.48. The third kappa shape index (κ3) is 5.85. The van der Waals surface area contributed by atoms with Crippen molar-refractivity contribution in [2.24, 2.45) is 0 Å². The number of hydrogen-bond donors (Lipinski definition) is 0. The first-order valence-corrected chi connectivity index (χ1v) is 10.3. The van der Waals surface area contributed by atoms with Crippen LogP contribution < -0.4 is 4.74 Å². The molecule has 0 saturated carbocycles.